The molecule has 1 aromatic heterocycles. The highest BCUT2D eigenvalue weighted by Crippen LogP contribution is 2.40. The van der Waals surface area contributed by atoms with Gasteiger partial charge in [0.15, 0.2) is 23.0 Å². The minimum absolute atomic E-state index is 0.0611. The highest BCUT2D eigenvalue weighted by atomic mass is 19.1. The number of carboxylic acid groups (broad SMARTS) is 1. The molecular formula is C11H6FNO4. The molecular weight excluding hydrogens is 229 g/mol. The van der Waals surface area contributed by atoms with Crippen LogP contribution >= 0.6 is 0 Å². The summed E-state index contributed by atoms with van der Waals surface area (Å²) >= 11 is 0. The third-order valence-corrected chi connectivity index (χ3v) is 2.56. The molecule has 0 spiro atoms. The second kappa shape index (κ2) is 3.31. The van der Waals surface area contributed by atoms with Crippen molar-refractivity contribution in [2.75, 3.05) is 0 Å². The van der Waals surface area contributed by atoms with E-state index in [-0.39, 0.29) is 23.8 Å². The number of carboxylic acids is 1. The zero-order valence-electron chi connectivity index (χ0n) is 8.44. The fourth-order valence-corrected chi connectivity index (χ4v) is 1.80. The van der Waals surface area contributed by atoms with Crippen LogP contribution in [0, 0.1) is 5.82 Å². The molecule has 0 bridgehead atoms. The summed E-state index contributed by atoms with van der Waals surface area (Å²) in [6.45, 7) is -0.0611. The Balaban J connectivity index is 2.25. The van der Waals surface area contributed by atoms with Crippen molar-refractivity contribution >= 4 is 5.97 Å². The van der Waals surface area contributed by atoms with Crippen LogP contribution < -0.4 is 4.74 Å². The van der Waals surface area contributed by atoms with E-state index < -0.39 is 11.8 Å². The minimum Gasteiger partial charge on any atom is -0.485 e. The van der Waals surface area contributed by atoms with E-state index in [0.29, 0.717) is 11.1 Å². The van der Waals surface area contributed by atoms with Crippen molar-refractivity contribution in [1.82, 2.24) is 5.16 Å². The second-order valence-electron chi connectivity index (χ2n) is 3.55. The zero-order chi connectivity index (χ0) is 12.0. The van der Waals surface area contributed by atoms with E-state index in [1.807, 2.05) is 0 Å². The molecule has 0 saturated carbocycles. The van der Waals surface area contributed by atoms with Gasteiger partial charge in [0.1, 0.15) is 6.61 Å². The normalized spacial score (nSPS) is 12.5. The summed E-state index contributed by atoms with van der Waals surface area (Å²) in [7, 11) is 0. The summed E-state index contributed by atoms with van der Waals surface area (Å²) in [5.41, 5.74) is 0.511. The molecule has 0 radical (unpaired) electrons. The molecule has 0 amide bonds. The Hall–Kier alpha value is -2.37. The van der Waals surface area contributed by atoms with Crippen molar-refractivity contribution in [1.29, 1.82) is 0 Å². The monoisotopic (exact) mass is 235 g/mol. The average molecular weight is 235 g/mol. The third-order valence-electron chi connectivity index (χ3n) is 2.56. The molecule has 5 nitrogen and oxygen atoms in total. The molecule has 86 valence electrons. The molecule has 0 saturated heterocycles. The molecule has 0 atom stereocenters. The van der Waals surface area contributed by atoms with E-state index in [2.05, 4.69) is 5.16 Å². The average Bonchev–Trinajstić information content (AvgIpc) is 2.73. The molecule has 0 unspecified atom stereocenters. The van der Waals surface area contributed by atoms with Gasteiger partial charge in [0.05, 0.1) is 11.1 Å². The number of hydrogen-bond donors (Lipinski definition) is 1. The zero-order valence-corrected chi connectivity index (χ0v) is 8.44. The van der Waals surface area contributed by atoms with Gasteiger partial charge in [0, 0.05) is 0 Å². The van der Waals surface area contributed by atoms with Crippen LogP contribution in [0.2, 0.25) is 0 Å². The third kappa shape index (κ3) is 1.30. The van der Waals surface area contributed by atoms with Crippen molar-refractivity contribution in [3.05, 3.63) is 35.3 Å². The first-order valence-corrected chi connectivity index (χ1v) is 4.82. The quantitative estimate of drug-likeness (QED) is 0.819. The van der Waals surface area contributed by atoms with Crippen molar-refractivity contribution in [3.8, 4) is 17.1 Å². The number of benzene rings is 1. The molecule has 2 aromatic rings. The standard InChI is InChI=1S/C11H6FNO4/c12-7-3-1-2-5-9-6(4-16-10(5)7)8(11(14)15)13-17-9/h1-3H,4H2,(H,14,15). The van der Waals surface area contributed by atoms with Crippen LogP contribution in [0.15, 0.2) is 22.7 Å². The number of ether oxygens (including phenoxy) is 1. The SMILES string of the molecule is O=C(O)c1noc2c1COc1c(F)cccc1-2. The number of aromatic carboxylic acids is 1. The van der Waals surface area contributed by atoms with Crippen LogP contribution in [0.4, 0.5) is 4.39 Å². The summed E-state index contributed by atoms with van der Waals surface area (Å²) in [5.74, 6) is -1.39. The molecule has 1 N–H and O–H groups in total. The number of halogens is 1. The smallest absolute Gasteiger partial charge is 0.358 e. The highest BCUT2D eigenvalue weighted by molar-refractivity contribution is 5.90. The summed E-state index contributed by atoms with van der Waals surface area (Å²) < 4.78 is 23.6. The first kappa shape index (κ1) is 9.83. The topological polar surface area (TPSA) is 72.6 Å². The lowest BCUT2D eigenvalue weighted by Gasteiger charge is -2.16. The number of aromatic nitrogens is 1. The van der Waals surface area contributed by atoms with E-state index in [1.165, 1.54) is 12.1 Å². The molecule has 0 aliphatic carbocycles. The van der Waals surface area contributed by atoms with Gasteiger partial charge in [0.2, 0.25) is 0 Å². The van der Waals surface area contributed by atoms with Crippen molar-refractivity contribution < 1.29 is 23.6 Å². The van der Waals surface area contributed by atoms with Gasteiger partial charge < -0.3 is 14.4 Å². The van der Waals surface area contributed by atoms with E-state index in [4.69, 9.17) is 14.4 Å². The molecule has 6 heteroatoms. The van der Waals surface area contributed by atoms with E-state index >= 15 is 0 Å². The Morgan fingerprint density at radius 2 is 2.29 bits per heavy atom. The molecule has 2 heterocycles. The lowest BCUT2D eigenvalue weighted by atomic mass is 10.0. The predicted molar refractivity (Wildman–Crippen MR) is 53.2 cm³/mol. The van der Waals surface area contributed by atoms with Crippen molar-refractivity contribution in [3.63, 3.8) is 0 Å². The van der Waals surface area contributed by atoms with Crippen LogP contribution in [0.1, 0.15) is 16.1 Å². The molecule has 0 fully saturated rings. The first-order chi connectivity index (χ1) is 8.18. The second-order valence-corrected chi connectivity index (χ2v) is 3.55. The summed E-state index contributed by atoms with van der Waals surface area (Å²) in [5, 5.41) is 12.3. The maximum Gasteiger partial charge on any atom is 0.358 e. The van der Waals surface area contributed by atoms with E-state index in [1.54, 1.807) is 6.07 Å². The Morgan fingerprint density at radius 3 is 3.06 bits per heavy atom. The molecule has 1 aliphatic rings. The molecule has 1 aliphatic heterocycles. The van der Waals surface area contributed by atoms with Crippen LogP contribution in [-0.2, 0) is 6.61 Å². The van der Waals surface area contributed by atoms with Gasteiger partial charge in [-0.15, -0.1) is 0 Å². The van der Waals surface area contributed by atoms with Gasteiger partial charge >= 0.3 is 5.97 Å². The number of nitrogens with zero attached hydrogens (tertiary/aromatic N) is 1. The molecule has 1 aromatic carbocycles. The Morgan fingerprint density at radius 1 is 1.47 bits per heavy atom. The number of para-hydroxylation sites is 1. The molecule has 3 rings (SSSR count). The number of rotatable bonds is 1. The summed E-state index contributed by atoms with van der Waals surface area (Å²) in [4.78, 5) is 10.9. The van der Waals surface area contributed by atoms with Gasteiger partial charge in [-0.3, -0.25) is 0 Å². The van der Waals surface area contributed by atoms with Gasteiger partial charge in [-0.05, 0) is 12.1 Å². The van der Waals surface area contributed by atoms with Crippen LogP contribution in [0.3, 0.4) is 0 Å². The van der Waals surface area contributed by atoms with Gasteiger partial charge in [-0.1, -0.05) is 11.2 Å². The van der Waals surface area contributed by atoms with E-state index in [0.717, 1.165) is 0 Å². The van der Waals surface area contributed by atoms with Gasteiger partial charge in [-0.2, -0.15) is 0 Å². The largest absolute Gasteiger partial charge is 0.485 e. The summed E-state index contributed by atoms with van der Waals surface area (Å²) in [6, 6.07) is 4.35. The maximum atomic E-state index is 13.4. The molecule has 17 heavy (non-hydrogen) atoms. The van der Waals surface area contributed by atoms with Crippen LogP contribution in [-0.4, -0.2) is 16.2 Å². The van der Waals surface area contributed by atoms with E-state index in [9.17, 15) is 9.18 Å². The fraction of sp³-hybridized carbons (Fsp3) is 0.0909. The van der Waals surface area contributed by atoms with Crippen LogP contribution in [0.25, 0.3) is 11.3 Å². The van der Waals surface area contributed by atoms with Gasteiger partial charge in [0.25, 0.3) is 0 Å². The predicted octanol–water partition coefficient (Wildman–Crippen LogP) is 2.07. The Labute approximate surface area is 94.4 Å². The Kier molecular flexibility index (Phi) is 1.91. The lowest BCUT2D eigenvalue weighted by Crippen LogP contribution is -2.09. The number of carbonyl (C=O) groups is 1. The minimum atomic E-state index is -1.20. The lowest BCUT2D eigenvalue weighted by molar-refractivity contribution is 0.0683. The number of hydrogen-bond acceptors (Lipinski definition) is 4. The maximum absolute atomic E-state index is 13.4. The first-order valence-electron chi connectivity index (χ1n) is 4.82. The summed E-state index contributed by atoms with van der Waals surface area (Å²) in [6.07, 6.45) is 0. The van der Waals surface area contributed by atoms with Crippen molar-refractivity contribution in [2.45, 2.75) is 6.61 Å². The van der Waals surface area contributed by atoms with Gasteiger partial charge in [-0.25, -0.2) is 9.18 Å². The fourth-order valence-electron chi connectivity index (χ4n) is 1.80. The number of fused-ring (bicyclic) bond motifs is 3. The highest BCUT2D eigenvalue weighted by Gasteiger charge is 2.29. The Bertz CT molecular complexity index is 620. The van der Waals surface area contributed by atoms with Crippen LogP contribution in [0.5, 0.6) is 5.75 Å². The van der Waals surface area contributed by atoms with Crippen molar-refractivity contribution in [2.24, 2.45) is 0 Å².